The summed E-state index contributed by atoms with van der Waals surface area (Å²) in [7, 11) is 2.22. The number of fused-ring (bicyclic) bond motifs is 1. The third-order valence-electron chi connectivity index (χ3n) is 5.55. The Morgan fingerprint density at radius 1 is 1.04 bits per heavy atom. The molecule has 0 aromatic heterocycles. The van der Waals surface area contributed by atoms with E-state index >= 15 is 0 Å². The van der Waals surface area contributed by atoms with Crippen molar-refractivity contribution in [1.29, 1.82) is 0 Å². The van der Waals surface area contributed by atoms with Crippen LogP contribution in [0.25, 0.3) is 0 Å². The number of rotatable bonds is 3. The molecule has 5 heteroatoms. The van der Waals surface area contributed by atoms with E-state index in [2.05, 4.69) is 47.2 Å². The number of hydrogen-bond donors (Lipinski definition) is 0. The highest BCUT2D eigenvalue weighted by molar-refractivity contribution is 6.31. The summed E-state index contributed by atoms with van der Waals surface area (Å²) in [5.41, 5.74) is 2.02. The molecule has 0 unspecified atom stereocenters. The van der Waals surface area contributed by atoms with Crippen molar-refractivity contribution in [3.63, 3.8) is 0 Å². The van der Waals surface area contributed by atoms with Crippen LogP contribution < -0.4 is 0 Å². The summed E-state index contributed by atoms with van der Waals surface area (Å²) >= 11 is 6.20. The normalized spacial score (nSPS) is 26.4. The highest BCUT2D eigenvalue weighted by Gasteiger charge is 2.45. The van der Waals surface area contributed by atoms with Gasteiger partial charge in [-0.3, -0.25) is 9.80 Å². The third-order valence-corrected chi connectivity index (χ3v) is 5.91. The molecule has 2 aliphatic rings. The summed E-state index contributed by atoms with van der Waals surface area (Å²) in [5.74, 6) is 1.05. The summed E-state index contributed by atoms with van der Waals surface area (Å²) in [6.45, 7) is 3.72. The van der Waals surface area contributed by atoms with Gasteiger partial charge in [0.05, 0.1) is 0 Å². The minimum Gasteiger partial charge on any atom is -0.299 e. The summed E-state index contributed by atoms with van der Waals surface area (Å²) in [4.78, 5) is 4.83. The van der Waals surface area contributed by atoms with Gasteiger partial charge in [-0.25, -0.2) is 4.39 Å². The molecule has 0 N–H and O–H groups in total. The Balaban J connectivity index is 0.00000182. The van der Waals surface area contributed by atoms with Crippen molar-refractivity contribution in [1.82, 2.24) is 9.80 Å². The van der Waals surface area contributed by atoms with E-state index in [0.29, 0.717) is 35.0 Å². The van der Waals surface area contributed by atoms with Gasteiger partial charge in [0.2, 0.25) is 0 Å². The van der Waals surface area contributed by atoms with Gasteiger partial charge in [0.25, 0.3) is 0 Å². The second-order valence-corrected chi connectivity index (χ2v) is 7.52. The maximum atomic E-state index is 14.1. The summed E-state index contributed by atoms with van der Waals surface area (Å²) < 4.78 is 14.1. The molecule has 0 aliphatic carbocycles. The van der Waals surface area contributed by atoms with Crippen LogP contribution in [0.1, 0.15) is 17.2 Å². The molecule has 4 rings (SSSR count). The molecule has 0 saturated carbocycles. The Labute approximate surface area is 160 Å². The Hall–Kier alpha value is -1.13. The lowest BCUT2D eigenvalue weighted by molar-refractivity contribution is 0.223. The SMILES string of the molecule is CN1C[C@H]2CN(Cc3c(F)cccc3Cl)C[C@H]2[C@@H]1c1ccccc1.Cl. The topological polar surface area (TPSA) is 6.48 Å². The molecule has 3 atom stereocenters. The quantitative estimate of drug-likeness (QED) is 0.765. The van der Waals surface area contributed by atoms with Gasteiger partial charge < -0.3 is 0 Å². The van der Waals surface area contributed by atoms with Gasteiger partial charge in [-0.15, -0.1) is 12.4 Å². The first-order chi connectivity index (χ1) is 11.6. The Morgan fingerprint density at radius 3 is 2.52 bits per heavy atom. The molecule has 0 bridgehead atoms. The van der Waals surface area contributed by atoms with Crippen molar-refractivity contribution in [2.75, 3.05) is 26.7 Å². The standard InChI is InChI=1S/C20H22ClFN2.ClH/c1-23-10-15-11-24(13-17-18(21)8-5-9-19(17)22)12-16(15)20(23)14-6-3-2-4-7-14;/h2-9,15-16,20H,10-13H2,1H3;1H/t15-,16+,20-;/m0./s1. The van der Waals surface area contributed by atoms with Crippen molar-refractivity contribution < 1.29 is 4.39 Å². The van der Waals surface area contributed by atoms with Gasteiger partial charge in [0.1, 0.15) is 5.82 Å². The highest BCUT2D eigenvalue weighted by atomic mass is 35.5. The first kappa shape index (κ1) is 18.7. The maximum absolute atomic E-state index is 14.1. The largest absolute Gasteiger partial charge is 0.299 e. The molecule has 0 amide bonds. The van der Waals surface area contributed by atoms with Gasteiger partial charge in [0.15, 0.2) is 0 Å². The first-order valence-corrected chi connectivity index (χ1v) is 8.91. The lowest BCUT2D eigenvalue weighted by atomic mass is 9.90. The number of benzene rings is 2. The maximum Gasteiger partial charge on any atom is 0.129 e. The van der Waals surface area contributed by atoms with Crippen molar-refractivity contribution in [3.05, 3.63) is 70.5 Å². The molecule has 2 nitrogen and oxygen atoms in total. The summed E-state index contributed by atoms with van der Waals surface area (Å²) in [5, 5.41) is 0.531. The number of halogens is 3. The Kier molecular flexibility index (Phi) is 5.69. The van der Waals surface area contributed by atoms with Crippen LogP contribution in [0, 0.1) is 17.7 Å². The molecular formula is C20H23Cl2FN2. The second kappa shape index (κ2) is 7.63. The minimum absolute atomic E-state index is 0. The van der Waals surface area contributed by atoms with Crippen LogP contribution >= 0.6 is 24.0 Å². The monoisotopic (exact) mass is 380 g/mol. The molecule has 2 aromatic carbocycles. The van der Waals surface area contributed by atoms with Crippen molar-refractivity contribution in [2.24, 2.45) is 11.8 Å². The van der Waals surface area contributed by atoms with Gasteiger partial charge in [-0.1, -0.05) is 48.0 Å². The van der Waals surface area contributed by atoms with Gasteiger partial charge in [0, 0.05) is 42.8 Å². The van der Waals surface area contributed by atoms with Gasteiger partial charge >= 0.3 is 0 Å². The van der Waals surface area contributed by atoms with E-state index in [1.54, 1.807) is 12.1 Å². The van der Waals surface area contributed by atoms with E-state index in [1.165, 1.54) is 11.6 Å². The van der Waals surface area contributed by atoms with E-state index in [-0.39, 0.29) is 18.2 Å². The first-order valence-electron chi connectivity index (χ1n) is 8.54. The second-order valence-electron chi connectivity index (χ2n) is 7.11. The fourth-order valence-corrected chi connectivity index (χ4v) is 4.76. The molecule has 0 radical (unpaired) electrons. The van der Waals surface area contributed by atoms with Crippen LogP contribution in [-0.2, 0) is 6.54 Å². The number of likely N-dealkylation sites (tertiary alicyclic amines) is 2. The van der Waals surface area contributed by atoms with E-state index in [4.69, 9.17) is 11.6 Å². The molecule has 2 aromatic rings. The fourth-order valence-electron chi connectivity index (χ4n) is 4.54. The van der Waals surface area contributed by atoms with E-state index in [0.717, 1.165) is 19.6 Å². The Bertz CT molecular complexity index is 705. The van der Waals surface area contributed by atoms with Crippen LogP contribution in [0.3, 0.4) is 0 Å². The van der Waals surface area contributed by atoms with Crippen LogP contribution in [0.5, 0.6) is 0 Å². The Morgan fingerprint density at radius 2 is 1.80 bits per heavy atom. The zero-order valence-electron chi connectivity index (χ0n) is 14.2. The predicted octanol–water partition coefficient (Wildman–Crippen LogP) is 4.64. The average molecular weight is 381 g/mol. The zero-order chi connectivity index (χ0) is 16.7. The predicted molar refractivity (Wildman–Crippen MR) is 103 cm³/mol. The summed E-state index contributed by atoms with van der Waals surface area (Å²) in [6, 6.07) is 16.1. The van der Waals surface area contributed by atoms with Crippen molar-refractivity contribution >= 4 is 24.0 Å². The van der Waals surface area contributed by atoms with Crippen LogP contribution in [0.15, 0.2) is 48.5 Å². The molecule has 25 heavy (non-hydrogen) atoms. The van der Waals surface area contributed by atoms with Gasteiger partial charge in [-0.2, -0.15) is 0 Å². The van der Waals surface area contributed by atoms with Gasteiger partial charge in [-0.05, 0) is 36.6 Å². The molecule has 2 heterocycles. The van der Waals surface area contributed by atoms with E-state index in [1.807, 2.05) is 0 Å². The van der Waals surface area contributed by atoms with Crippen molar-refractivity contribution in [3.8, 4) is 0 Å². The minimum atomic E-state index is -0.198. The van der Waals surface area contributed by atoms with Crippen molar-refractivity contribution in [2.45, 2.75) is 12.6 Å². The molecule has 134 valence electrons. The lowest BCUT2D eigenvalue weighted by Gasteiger charge is -2.27. The smallest absolute Gasteiger partial charge is 0.129 e. The molecule has 0 spiro atoms. The van der Waals surface area contributed by atoms with Crippen LogP contribution in [0.4, 0.5) is 4.39 Å². The molecule has 2 saturated heterocycles. The lowest BCUT2D eigenvalue weighted by Crippen LogP contribution is -2.29. The summed E-state index contributed by atoms with van der Waals surface area (Å²) in [6.07, 6.45) is 0. The molecular weight excluding hydrogens is 358 g/mol. The number of nitrogens with zero attached hydrogens (tertiary/aromatic N) is 2. The highest BCUT2D eigenvalue weighted by Crippen LogP contribution is 2.44. The average Bonchev–Trinajstić information content (AvgIpc) is 3.07. The molecule has 2 fully saturated rings. The van der Waals surface area contributed by atoms with E-state index in [9.17, 15) is 4.39 Å². The number of hydrogen-bond acceptors (Lipinski definition) is 2. The van der Waals surface area contributed by atoms with E-state index < -0.39 is 0 Å². The van der Waals surface area contributed by atoms with Crippen LogP contribution in [0.2, 0.25) is 5.02 Å². The van der Waals surface area contributed by atoms with Crippen LogP contribution in [-0.4, -0.2) is 36.5 Å². The molecule has 2 aliphatic heterocycles. The third kappa shape index (κ3) is 3.56. The fraction of sp³-hybridized carbons (Fsp3) is 0.400. The zero-order valence-corrected chi connectivity index (χ0v) is 15.8.